The highest BCUT2D eigenvalue weighted by atomic mass is 32.2. The summed E-state index contributed by atoms with van der Waals surface area (Å²) in [5, 5.41) is 2.70. The zero-order valence-electron chi connectivity index (χ0n) is 15.3. The van der Waals surface area contributed by atoms with Gasteiger partial charge in [-0.3, -0.25) is 9.10 Å². The van der Waals surface area contributed by atoms with Crippen LogP contribution < -0.4 is 9.62 Å². The van der Waals surface area contributed by atoms with Gasteiger partial charge in [0.1, 0.15) is 11.9 Å². The van der Waals surface area contributed by atoms with E-state index in [1.807, 2.05) is 19.9 Å². The van der Waals surface area contributed by atoms with Gasteiger partial charge < -0.3 is 5.32 Å². The highest BCUT2D eigenvalue weighted by molar-refractivity contribution is 7.92. The average Bonchev–Trinajstić information content (AvgIpc) is 2.56. The summed E-state index contributed by atoms with van der Waals surface area (Å²) in [7, 11) is -3.66. The molecule has 0 saturated heterocycles. The number of halogens is 1. The molecule has 0 heterocycles. The number of benzene rings is 2. The SMILES string of the molecule is Cc1ccc(N([C@@H](C)C(=O)NCc2ccc(F)cc2)S(C)(=O)=O)cc1C. The van der Waals surface area contributed by atoms with E-state index in [-0.39, 0.29) is 12.4 Å². The molecule has 0 bridgehead atoms. The molecule has 5 nitrogen and oxygen atoms in total. The first kappa shape index (κ1) is 19.9. The minimum Gasteiger partial charge on any atom is -0.350 e. The summed E-state index contributed by atoms with van der Waals surface area (Å²) in [6.07, 6.45) is 1.08. The molecule has 0 unspecified atom stereocenters. The Balaban J connectivity index is 2.20. The minimum absolute atomic E-state index is 0.188. The van der Waals surface area contributed by atoms with E-state index in [1.54, 1.807) is 24.3 Å². The summed E-state index contributed by atoms with van der Waals surface area (Å²) in [5.41, 5.74) is 3.15. The molecule has 0 spiro atoms. The van der Waals surface area contributed by atoms with Crippen LogP contribution in [0.5, 0.6) is 0 Å². The standard InChI is InChI=1S/C19H23FN2O3S/c1-13-5-10-18(11-14(13)2)22(26(4,24)25)15(3)19(23)21-12-16-6-8-17(20)9-7-16/h5-11,15H,12H2,1-4H3,(H,21,23)/t15-/m0/s1. The number of aryl methyl sites for hydroxylation is 2. The predicted molar refractivity (Wildman–Crippen MR) is 101 cm³/mol. The van der Waals surface area contributed by atoms with Gasteiger partial charge in [0.05, 0.1) is 11.9 Å². The van der Waals surface area contributed by atoms with Gasteiger partial charge in [0, 0.05) is 6.54 Å². The third-order valence-electron chi connectivity index (χ3n) is 4.21. The molecule has 0 aliphatic heterocycles. The van der Waals surface area contributed by atoms with Crippen molar-refractivity contribution in [1.82, 2.24) is 5.32 Å². The lowest BCUT2D eigenvalue weighted by molar-refractivity contribution is -0.122. The summed E-state index contributed by atoms with van der Waals surface area (Å²) < 4.78 is 38.6. The summed E-state index contributed by atoms with van der Waals surface area (Å²) >= 11 is 0. The Bertz CT molecular complexity index is 896. The van der Waals surface area contributed by atoms with Crippen LogP contribution in [-0.2, 0) is 21.4 Å². The van der Waals surface area contributed by atoms with Crippen molar-refractivity contribution in [3.63, 3.8) is 0 Å². The van der Waals surface area contributed by atoms with Crippen molar-refractivity contribution in [2.24, 2.45) is 0 Å². The molecule has 0 saturated carbocycles. The van der Waals surface area contributed by atoms with Gasteiger partial charge in [-0.25, -0.2) is 12.8 Å². The fourth-order valence-corrected chi connectivity index (χ4v) is 3.78. The van der Waals surface area contributed by atoms with Crippen LogP contribution in [0.15, 0.2) is 42.5 Å². The molecular formula is C19H23FN2O3S. The largest absolute Gasteiger partial charge is 0.350 e. The van der Waals surface area contributed by atoms with E-state index in [4.69, 9.17) is 0 Å². The summed E-state index contributed by atoms with van der Waals surface area (Å²) in [4.78, 5) is 12.5. The smallest absolute Gasteiger partial charge is 0.243 e. The molecule has 1 atom stereocenters. The Morgan fingerprint density at radius 1 is 1.12 bits per heavy atom. The first-order chi connectivity index (χ1) is 12.1. The van der Waals surface area contributed by atoms with Gasteiger partial charge in [-0.1, -0.05) is 18.2 Å². The Hall–Kier alpha value is -2.41. The number of amides is 1. The molecule has 1 amide bonds. The molecule has 0 aromatic heterocycles. The maximum atomic E-state index is 12.9. The molecule has 7 heteroatoms. The molecule has 0 aliphatic rings. The second-order valence-corrected chi connectivity index (χ2v) is 8.21. The van der Waals surface area contributed by atoms with Crippen molar-refractivity contribution in [2.45, 2.75) is 33.4 Å². The van der Waals surface area contributed by atoms with Crippen LogP contribution in [0.3, 0.4) is 0 Å². The number of rotatable bonds is 6. The third kappa shape index (κ3) is 4.82. The van der Waals surface area contributed by atoms with Gasteiger partial charge in [0.15, 0.2) is 0 Å². The van der Waals surface area contributed by atoms with Gasteiger partial charge in [0.25, 0.3) is 0 Å². The maximum absolute atomic E-state index is 12.9. The molecule has 2 rings (SSSR count). The van der Waals surface area contributed by atoms with Gasteiger partial charge in [-0.05, 0) is 61.7 Å². The Morgan fingerprint density at radius 2 is 1.73 bits per heavy atom. The zero-order chi connectivity index (χ0) is 19.5. The third-order valence-corrected chi connectivity index (χ3v) is 5.46. The molecule has 1 N–H and O–H groups in total. The quantitative estimate of drug-likeness (QED) is 0.840. The summed E-state index contributed by atoms with van der Waals surface area (Å²) in [6, 6.07) is 10.1. The monoisotopic (exact) mass is 378 g/mol. The van der Waals surface area contributed by atoms with Crippen LogP contribution >= 0.6 is 0 Å². The lowest BCUT2D eigenvalue weighted by atomic mass is 10.1. The highest BCUT2D eigenvalue weighted by Gasteiger charge is 2.29. The summed E-state index contributed by atoms with van der Waals surface area (Å²) in [6.45, 7) is 5.55. The molecule has 2 aromatic rings. The van der Waals surface area contributed by atoms with Gasteiger partial charge >= 0.3 is 0 Å². The number of nitrogens with one attached hydrogen (secondary N) is 1. The molecule has 140 valence electrons. The minimum atomic E-state index is -3.66. The Labute approximate surface area is 153 Å². The van der Waals surface area contributed by atoms with E-state index in [1.165, 1.54) is 19.1 Å². The Kier molecular flexibility index (Phi) is 6.02. The van der Waals surface area contributed by atoms with Gasteiger partial charge in [0.2, 0.25) is 15.9 Å². The topological polar surface area (TPSA) is 66.5 Å². The first-order valence-electron chi connectivity index (χ1n) is 8.18. The number of nitrogens with zero attached hydrogens (tertiary/aromatic N) is 1. The number of carbonyl (C=O) groups is 1. The molecule has 0 fully saturated rings. The van der Waals surface area contributed by atoms with Crippen LogP contribution in [0.1, 0.15) is 23.6 Å². The Morgan fingerprint density at radius 3 is 2.27 bits per heavy atom. The molecule has 26 heavy (non-hydrogen) atoms. The van der Waals surface area contributed by atoms with Crippen molar-refractivity contribution < 1.29 is 17.6 Å². The zero-order valence-corrected chi connectivity index (χ0v) is 16.1. The molecular weight excluding hydrogens is 355 g/mol. The van der Waals surface area contributed by atoms with E-state index in [0.29, 0.717) is 5.69 Å². The number of hydrogen-bond donors (Lipinski definition) is 1. The lowest BCUT2D eigenvalue weighted by Crippen LogP contribution is -2.47. The van der Waals surface area contributed by atoms with Crippen LogP contribution in [-0.4, -0.2) is 26.6 Å². The summed E-state index contributed by atoms with van der Waals surface area (Å²) in [5.74, 6) is -0.788. The van der Waals surface area contributed by atoms with Gasteiger partial charge in [-0.2, -0.15) is 0 Å². The van der Waals surface area contributed by atoms with Crippen LogP contribution in [0.4, 0.5) is 10.1 Å². The number of carbonyl (C=O) groups excluding carboxylic acids is 1. The average molecular weight is 378 g/mol. The normalized spacial score (nSPS) is 12.5. The van der Waals surface area contributed by atoms with Crippen molar-refractivity contribution >= 4 is 21.6 Å². The fraction of sp³-hybridized carbons (Fsp3) is 0.316. The fourth-order valence-electron chi connectivity index (χ4n) is 2.61. The predicted octanol–water partition coefficient (Wildman–Crippen LogP) is 2.91. The first-order valence-corrected chi connectivity index (χ1v) is 10.0. The molecule has 0 radical (unpaired) electrons. The number of hydrogen-bond acceptors (Lipinski definition) is 3. The van der Waals surface area contributed by atoms with Crippen molar-refractivity contribution in [2.75, 3.05) is 10.6 Å². The maximum Gasteiger partial charge on any atom is 0.243 e. The molecule has 2 aromatic carbocycles. The van der Waals surface area contributed by atoms with E-state index in [0.717, 1.165) is 27.3 Å². The van der Waals surface area contributed by atoms with E-state index in [9.17, 15) is 17.6 Å². The number of anilines is 1. The highest BCUT2D eigenvalue weighted by Crippen LogP contribution is 2.23. The van der Waals surface area contributed by atoms with Crippen molar-refractivity contribution in [3.8, 4) is 0 Å². The molecule has 0 aliphatic carbocycles. The van der Waals surface area contributed by atoms with Crippen LogP contribution in [0, 0.1) is 19.7 Å². The van der Waals surface area contributed by atoms with Crippen molar-refractivity contribution in [3.05, 3.63) is 65.0 Å². The second kappa shape index (κ2) is 7.86. The second-order valence-electron chi connectivity index (χ2n) is 6.35. The van der Waals surface area contributed by atoms with E-state index >= 15 is 0 Å². The lowest BCUT2D eigenvalue weighted by Gasteiger charge is -2.28. The van der Waals surface area contributed by atoms with Crippen LogP contribution in [0.25, 0.3) is 0 Å². The van der Waals surface area contributed by atoms with Crippen LogP contribution in [0.2, 0.25) is 0 Å². The van der Waals surface area contributed by atoms with Gasteiger partial charge in [-0.15, -0.1) is 0 Å². The van der Waals surface area contributed by atoms with Crippen molar-refractivity contribution in [1.29, 1.82) is 0 Å². The van der Waals surface area contributed by atoms with E-state index < -0.39 is 22.0 Å². The number of sulfonamides is 1. The van der Waals surface area contributed by atoms with E-state index in [2.05, 4.69) is 5.32 Å².